The van der Waals surface area contributed by atoms with Gasteiger partial charge in [-0.3, -0.25) is 0 Å². The van der Waals surface area contributed by atoms with E-state index in [-0.39, 0.29) is 0 Å². The summed E-state index contributed by atoms with van der Waals surface area (Å²) in [6, 6.07) is 24.5. The van der Waals surface area contributed by atoms with E-state index in [1.54, 1.807) is 0 Å². The highest BCUT2D eigenvalue weighted by molar-refractivity contribution is 5.85. The van der Waals surface area contributed by atoms with Gasteiger partial charge in [0, 0.05) is 12.2 Å². The average molecular weight is 288 g/mol. The Morgan fingerprint density at radius 3 is 1.82 bits per heavy atom. The molecule has 0 saturated carbocycles. The fourth-order valence-corrected chi connectivity index (χ4v) is 2.76. The first-order chi connectivity index (χ1) is 10.9. The molecule has 0 spiro atoms. The lowest BCUT2D eigenvalue weighted by molar-refractivity contribution is 0.477. The molecule has 0 aliphatic carbocycles. The molecule has 4 rings (SSSR count). The van der Waals surface area contributed by atoms with Gasteiger partial charge in [0.1, 0.15) is 0 Å². The quantitative estimate of drug-likeness (QED) is 0.580. The third-order valence-electron chi connectivity index (χ3n) is 3.86. The van der Waals surface area contributed by atoms with E-state index < -0.39 is 0 Å². The van der Waals surface area contributed by atoms with Crippen LogP contribution in [0.5, 0.6) is 11.5 Å². The lowest BCUT2D eigenvalue weighted by atomic mass is 10.1. The molecule has 2 N–H and O–H groups in total. The summed E-state index contributed by atoms with van der Waals surface area (Å²) < 4.78 is 6.01. The van der Waals surface area contributed by atoms with Crippen molar-refractivity contribution in [2.45, 2.75) is 6.54 Å². The van der Waals surface area contributed by atoms with Crippen LogP contribution in [-0.4, -0.2) is 0 Å². The van der Waals surface area contributed by atoms with Crippen LogP contribution in [0.3, 0.4) is 0 Å². The molecule has 0 saturated heterocycles. The van der Waals surface area contributed by atoms with Crippen molar-refractivity contribution in [3.05, 3.63) is 78.4 Å². The molecule has 3 aromatic rings. The normalized spacial score (nSPS) is 12.3. The molecule has 3 heteroatoms. The number of hydrogen-bond donors (Lipinski definition) is 1. The van der Waals surface area contributed by atoms with E-state index in [0.717, 1.165) is 34.1 Å². The second kappa shape index (κ2) is 5.20. The molecule has 0 radical (unpaired) electrons. The second-order valence-corrected chi connectivity index (χ2v) is 5.24. The monoisotopic (exact) mass is 288 g/mol. The zero-order valence-corrected chi connectivity index (χ0v) is 12.1. The Morgan fingerprint density at radius 1 is 0.727 bits per heavy atom. The van der Waals surface area contributed by atoms with Crippen molar-refractivity contribution in [1.29, 1.82) is 0 Å². The summed E-state index contributed by atoms with van der Waals surface area (Å²) in [7, 11) is 0. The smallest absolute Gasteiger partial charge is 0.151 e. The standard InChI is InChI=1S/C19H16N2O/c20-13-14-9-11-15(12-10-14)21-16-5-1-3-7-18(16)22-19-8-4-2-6-17(19)21/h1-12H,13,20H2. The van der Waals surface area contributed by atoms with Gasteiger partial charge in [-0.1, -0.05) is 36.4 Å². The van der Waals surface area contributed by atoms with Gasteiger partial charge in [0.2, 0.25) is 0 Å². The fraction of sp³-hybridized carbons (Fsp3) is 0.0526. The van der Waals surface area contributed by atoms with E-state index >= 15 is 0 Å². The highest BCUT2D eigenvalue weighted by Crippen LogP contribution is 2.49. The minimum atomic E-state index is 0.552. The van der Waals surface area contributed by atoms with Crippen molar-refractivity contribution in [1.82, 2.24) is 0 Å². The first-order valence-electron chi connectivity index (χ1n) is 7.32. The van der Waals surface area contributed by atoms with Crippen LogP contribution >= 0.6 is 0 Å². The second-order valence-electron chi connectivity index (χ2n) is 5.24. The molecule has 0 fully saturated rings. The topological polar surface area (TPSA) is 38.5 Å². The Morgan fingerprint density at radius 2 is 1.27 bits per heavy atom. The predicted molar refractivity (Wildman–Crippen MR) is 89.1 cm³/mol. The van der Waals surface area contributed by atoms with Crippen LogP contribution in [0.4, 0.5) is 17.1 Å². The van der Waals surface area contributed by atoms with Crippen LogP contribution in [0, 0.1) is 0 Å². The van der Waals surface area contributed by atoms with E-state index in [9.17, 15) is 0 Å². The SMILES string of the molecule is NCc1ccc(N2c3ccccc3Oc3ccccc32)cc1. The minimum absolute atomic E-state index is 0.552. The molecule has 0 aromatic heterocycles. The average Bonchev–Trinajstić information content (AvgIpc) is 2.60. The van der Waals surface area contributed by atoms with Crippen LogP contribution in [-0.2, 0) is 6.54 Å². The van der Waals surface area contributed by atoms with Crippen LogP contribution in [0.2, 0.25) is 0 Å². The van der Waals surface area contributed by atoms with Crippen molar-refractivity contribution < 1.29 is 4.74 Å². The summed E-state index contributed by atoms with van der Waals surface area (Å²) in [4.78, 5) is 2.22. The van der Waals surface area contributed by atoms with Gasteiger partial charge in [0.15, 0.2) is 11.5 Å². The number of para-hydroxylation sites is 4. The molecule has 108 valence electrons. The van der Waals surface area contributed by atoms with Crippen LogP contribution in [0.15, 0.2) is 72.8 Å². The molecule has 0 atom stereocenters. The summed E-state index contributed by atoms with van der Waals surface area (Å²) >= 11 is 0. The van der Waals surface area contributed by atoms with Gasteiger partial charge < -0.3 is 15.4 Å². The van der Waals surface area contributed by atoms with Crippen LogP contribution in [0.25, 0.3) is 0 Å². The van der Waals surface area contributed by atoms with E-state index in [1.807, 2.05) is 36.4 Å². The maximum absolute atomic E-state index is 6.01. The van der Waals surface area contributed by atoms with Gasteiger partial charge in [-0.25, -0.2) is 0 Å². The van der Waals surface area contributed by atoms with Crippen LogP contribution in [0.1, 0.15) is 5.56 Å². The third kappa shape index (κ3) is 2.03. The number of rotatable bonds is 2. The van der Waals surface area contributed by atoms with Crippen LogP contribution < -0.4 is 15.4 Å². The molecule has 1 aliphatic rings. The molecule has 1 aliphatic heterocycles. The summed E-state index contributed by atoms with van der Waals surface area (Å²) in [6.45, 7) is 0.552. The summed E-state index contributed by atoms with van der Waals surface area (Å²) in [5, 5.41) is 0. The Kier molecular flexibility index (Phi) is 3.06. The number of anilines is 3. The molecular formula is C19H16N2O. The molecule has 1 heterocycles. The van der Waals surface area contributed by atoms with Gasteiger partial charge in [-0.2, -0.15) is 0 Å². The van der Waals surface area contributed by atoms with E-state index in [1.165, 1.54) is 0 Å². The first-order valence-corrected chi connectivity index (χ1v) is 7.32. The third-order valence-corrected chi connectivity index (χ3v) is 3.86. The molecule has 22 heavy (non-hydrogen) atoms. The van der Waals surface area contributed by atoms with E-state index in [0.29, 0.717) is 6.54 Å². The maximum atomic E-state index is 6.01. The number of hydrogen-bond acceptors (Lipinski definition) is 3. The molecular weight excluding hydrogens is 272 g/mol. The minimum Gasteiger partial charge on any atom is -0.453 e. The first kappa shape index (κ1) is 12.9. The van der Waals surface area contributed by atoms with Gasteiger partial charge in [0.05, 0.1) is 11.4 Å². The Bertz CT molecular complexity index is 766. The predicted octanol–water partition coefficient (Wildman–Crippen LogP) is 4.72. The summed E-state index contributed by atoms with van der Waals surface area (Å²) in [5.41, 5.74) is 10.0. The number of fused-ring (bicyclic) bond motifs is 2. The van der Waals surface area contributed by atoms with Gasteiger partial charge in [-0.05, 0) is 42.0 Å². The van der Waals surface area contributed by atoms with Crippen molar-refractivity contribution in [2.24, 2.45) is 5.73 Å². The molecule has 3 aromatic carbocycles. The Balaban J connectivity index is 1.90. The zero-order valence-electron chi connectivity index (χ0n) is 12.1. The van der Waals surface area contributed by atoms with Gasteiger partial charge >= 0.3 is 0 Å². The van der Waals surface area contributed by atoms with E-state index in [2.05, 4.69) is 41.3 Å². The summed E-state index contributed by atoms with van der Waals surface area (Å²) in [6.07, 6.45) is 0. The number of benzene rings is 3. The van der Waals surface area contributed by atoms with Gasteiger partial charge in [0.25, 0.3) is 0 Å². The van der Waals surface area contributed by atoms with Crippen molar-refractivity contribution in [2.75, 3.05) is 4.90 Å². The maximum Gasteiger partial charge on any atom is 0.151 e. The molecule has 0 amide bonds. The largest absolute Gasteiger partial charge is 0.453 e. The van der Waals surface area contributed by atoms with Crippen molar-refractivity contribution >= 4 is 17.1 Å². The number of ether oxygens (including phenoxy) is 1. The number of nitrogens with two attached hydrogens (primary N) is 1. The Labute approximate surface area is 129 Å². The van der Waals surface area contributed by atoms with E-state index in [4.69, 9.17) is 10.5 Å². The molecule has 0 unspecified atom stereocenters. The fourth-order valence-electron chi connectivity index (χ4n) is 2.76. The summed E-state index contributed by atoms with van der Waals surface area (Å²) in [5.74, 6) is 1.73. The lowest BCUT2D eigenvalue weighted by Gasteiger charge is -2.32. The zero-order chi connectivity index (χ0) is 14.9. The van der Waals surface area contributed by atoms with Gasteiger partial charge in [-0.15, -0.1) is 0 Å². The highest BCUT2D eigenvalue weighted by Gasteiger charge is 2.24. The molecule has 0 bridgehead atoms. The highest BCUT2D eigenvalue weighted by atomic mass is 16.5. The Hall–Kier alpha value is -2.78. The van der Waals surface area contributed by atoms with Crippen molar-refractivity contribution in [3.8, 4) is 11.5 Å². The number of nitrogens with zero attached hydrogens (tertiary/aromatic N) is 1. The molecule has 3 nitrogen and oxygen atoms in total. The van der Waals surface area contributed by atoms with Crippen molar-refractivity contribution in [3.63, 3.8) is 0 Å². The lowest BCUT2D eigenvalue weighted by Crippen LogP contribution is -2.15.